The summed E-state index contributed by atoms with van der Waals surface area (Å²) in [5.41, 5.74) is 13.5. The first-order chi connectivity index (χ1) is 74.9. The predicted octanol–water partition coefficient (Wildman–Crippen LogP) is 33.3. The van der Waals surface area contributed by atoms with Crippen LogP contribution in [-0.4, -0.2) is 44.9 Å². The Kier molecular flexibility index (Phi) is 17.7. The number of benzene rings is 23. The summed E-state index contributed by atoms with van der Waals surface area (Å²) in [6, 6.07) is 129. The van der Waals surface area contributed by atoms with E-state index in [2.05, 4.69) is 237 Å². The van der Waals surface area contributed by atoms with Crippen LogP contribution >= 0.6 is 0 Å². The number of nitrogens with zero attached hydrogens (tertiary/aromatic N) is 9. The van der Waals surface area contributed by atoms with Crippen molar-refractivity contribution in [2.75, 3.05) is 0 Å². The zero-order valence-electron chi connectivity index (χ0n) is 89.7. The average molecular weight is 1780 g/mol. The lowest BCUT2D eigenvalue weighted by Crippen LogP contribution is -2.00. The van der Waals surface area contributed by atoms with E-state index in [1.54, 1.807) is 6.07 Å². The van der Waals surface area contributed by atoms with Crippen molar-refractivity contribution in [1.29, 1.82) is 0 Å². The Bertz CT molecular complexity index is 9850. The molecule has 3 aromatic heterocycles. The van der Waals surface area contributed by atoms with Crippen molar-refractivity contribution in [3.63, 3.8) is 0 Å². The number of hydrogen-bond acceptors (Lipinski definition) is 9. The number of aromatic nitrogens is 9. The number of rotatable bonds is 14. The molecule has 0 spiro atoms. The normalized spacial score (nSPS) is 13.0. The summed E-state index contributed by atoms with van der Waals surface area (Å²) < 4.78 is 137. The second kappa shape index (κ2) is 36.5. The zero-order valence-corrected chi connectivity index (χ0v) is 73.7. The van der Waals surface area contributed by atoms with Gasteiger partial charge in [0, 0.05) is 50.1 Å². The molecule has 0 atom stereocenters. The Morgan fingerprint density at radius 2 is 0.348 bits per heavy atom. The zero-order chi connectivity index (χ0) is 106. The van der Waals surface area contributed by atoms with Crippen LogP contribution in [-0.2, 0) is 0 Å². The summed E-state index contributed by atoms with van der Waals surface area (Å²) in [6.07, 6.45) is 0. The molecule has 0 N–H and O–H groups in total. The van der Waals surface area contributed by atoms with E-state index in [1.165, 1.54) is 49.5 Å². The minimum absolute atomic E-state index is 0.121. The first-order valence-electron chi connectivity index (χ1n) is 53.2. The maximum atomic E-state index is 9.32. The van der Waals surface area contributed by atoms with Gasteiger partial charge in [-0.25, -0.2) is 44.9 Å². The third kappa shape index (κ3) is 17.2. The van der Waals surface area contributed by atoms with Crippen molar-refractivity contribution in [3.8, 4) is 158 Å². The maximum Gasteiger partial charge on any atom is 0.164 e. The van der Waals surface area contributed by atoms with Crippen LogP contribution < -0.4 is 0 Å². The van der Waals surface area contributed by atoms with Crippen molar-refractivity contribution >= 4 is 97.0 Å². The van der Waals surface area contributed by atoms with E-state index in [-0.39, 0.29) is 63.5 Å². The maximum absolute atomic E-state index is 9.32. The second-order valence-electron chi connectivity index (χ2n) is 33.6. The van der Waals surface area contributed by atoms with Crippen molar-refractivity contribution < 1.29 is 21.9 Å². The molecule has 0 fully saturated rings. The molecule has 26 aromatic rings. The molecular formula is C129H83N9. The molecule has 23 aromatic carbocycles. The Morgan fingerprint density at radius 3 is 0.681 bits per heavy atom. The topological polar surface area (TPSA) is 116 Å². The van der Waals surface area contributed by atoms with Crippen molar-refractivity contribution in [2.24, 2.45) is 0 Å². The van der Waals surface area contributed by atoms with Gasteiger partial charge in [0.05, 0.1) is 21.9 Å². The van der Waals surface area contributed by atoms with Crippen molar-refractivity contribution in [3.05, 3.63) is 503 Å². The van der Waals surface area contributed by atoms with Crippen LogP contribution in [0.25, 0.3) is 255 Å². The van der Waals surface area contributed by atoms with Crippen LogP contribution in [0.2, 0.25) is 0 Å². The highest BCUT2D eigenvalue weighted by molar-refractivity contribution is 6.01. The van der Waals surface area contributed by atoms with Crippen LogP contribution in [0.5, 0.6) is 0 Å². The molecule has 0 saturated carbocycles. The lowest BCUT2D eigenvalue weighted by atomic mass is 9.97. The third-order valence-electron chi connectivity index (χ3n) is 24.8. The fourth-order valence-electron chi connectivity index (χ4n) is 17.7. The van der Waals surface area contributed by atoms with Gasteiger partial charge >= 0.3 is 0 Å². The van der Waals surface area contributed by atoms with Crippen molar-refractivity contribution in [2.45, 2.75) is 0 Å². The number of hydrogen-bond donors (Lipinski definition) is 0. The quantitative estimate of drug-likeness (QED) is 0.105. The van der Waals surface area contributed by atoms with Gasteiger partial charge in [0.2, 0.25) is 0 Å². The van der Waals surface area contributed by atoms with Gasteiger partial charge in [0.15, 0.2) is 52.4 Å². The highest BCUT2D eigenvalue weighted by Crippen LogP contribution is 2.40. The van der Waals surface area contributed by atoms with Gasteiger partial charge in [0.1, 0.15) is 0 Å². The van der Waals surface area contributed by atoms with Gasteiger partial charge in [-0.1, -0.05) is 424 Å². The molecule has 0 aliphatic carbocycles. The molecule has 0 unspecified atom stereocenters. The van der Waals surface area contributed by atoms with Gasteiger partial charge < -0.3 is 0 Å². The summed E-state index contributed by atoms with van der Waals surface area (Å²) in [5, 5.41) is 16.4. The lowest BCUT2D eigenvalue weighted by molar-refractivity contribution is 1.08. The number of fused-ring (bicyclic) bond motifs is 9. The van der Waals surface area contributed by atoms with E-state index in [1.807, 2.05) is 164 Å². The SMILES string of the molecule is [2H]c1c([2H])c([2H])c(-c2c([2H])c([2H])c3c([2H])c(-c4nc(-c5ccc6ccccc6c5)nc(-c5ccc6ccccc6c5)n4)c([2H])c([2H])c3c2[2H])c([2H])c1[2H].[2H]c1c([2H])c([2H])c(-c2ccc3cc(-c4nc(-c5ccc6ccccc6c5)nc(-c5ccc6ccccc6c5)n4)ccc3c2)c([2H])c1[2H].c1ccc(-c2ccc3cc(-c4nc(-c5ccc6cc(-c7ccccc7)ccc6c5)nc(-c5ccc6c(-c7ccccc7)cccc6c5)n4)ccc3c2)cc1. The van der Waals surface area contributed by atoms with E-state index in [9.17, 15) is 1.37 Å². The van der Waals surface area contributed by atoms with Gasteiger partial charge in [-0.2, -0.15) is 0 Å². The molecule has 0 amide bonds. The highest BCUT2D eigenvalue weighted by atomic mass is 15.1. The smallest absolute Gasteiger partial charge is 0.164 e. The minimum atomic E-state index is -0.686. The van der Waals surface area contributed by atoms with Crippen LogP contribution in [0.1, 0.15) is 21.9 Å². The molecule has 9 heteroatoms. The highest BCUT2D eigenvalue weighted by Gasteiger charge is 2.21. The van der Waals surface area contributed by atoms with E-state index in [0.29, 0.717) is 51.6 Å². The Balaban J connectivity index is 0.000000122. The molecule has 3 heterocycles. The summed E-state index contributed by atoms with van der Waals surface area (Å²) in [7, 11) is 0. The fraction of sp³-hybridized carbons (Fsp3) is 0. The Morgan fingerprint density at radius 1 is 0.123 bits per heavy atom. The standard InChI is InChI=1S/C51H33N3.2C39H25N3/c1-4-11-34(12-5-1)37-19-21-41-31-44(25-23-39(41)29-37)49-52-50(45-26-24-40-30-38(20-22-42(40)32-45)35-13-6-2-7-14-35)54-51(53-49)46-27-28-48-43(33-46)17-10-18-47(48)36-15-8-3-9-16-36;2*1-2-8-26(9-3-1)31-16-17-33-25-36(21-18-32(33)22-31)39-41-37(34-19-14-27-10-4-6-12-29(27)23-34)40-38(42-39)35-20-15-28-11-5-7-13-30(28)24-35/h1-33H;2*1-25H/i;1D,2D,3D,8D,9D,16D,17D,18D,21D,22D,25D;1D,2D,3D,8D,9D. The van der Waals surface area contributed by atoms with E-state index in [0.717, 1.165) is 103 Å². The molecule has 0 bridgehead atoms. The van der Waals surface area contributed by atoms with Crippen LogP contribution in [0, 0.1) is 0 Å². The molecule has 0 radical (unpaired) electrons. The average Bonchev–Trinajstić information content (AvgIpc) is 0.714. The first kappa shape index (κ1) is 66.7. The van der Waals surface area contributed by atoms with E-state index >= 15 is 0 Å². The summed E-state index contributed by atoms with van der Waals surface area (Å²) in [4.78, 5) is 44.6. The van der Waals surface area contributed by atoms with Crippen LogP contribution in [0.3, 0.4) is 0 Å². The second-order valence-corrected chi connectivity index (χ2v) is 33.6. The lowest BCUT2D eigenvalue weighted by Gasteiger charge is -2.12. The van der Waals surface area contributed by atoms with Crippen LogP contribution in [0.15, 0.2) is 503 Å². The largest absolute Gasteiger partial charge is 0.208 e. The molecule has 644 valence electrons. The Hall–Kier alpha value is -18.6. The molecule has 138 heavy (non-hydrogen) atoms. The molecule has 0 aliphatic heterocycles. The van der Waals surface area contributed by atoms with Gasteiger partial charge in [0.25, 0.3) is 0 Å². The van der Waals surface area contributed by atoms with E-state index in [4.69, 9.17) is 65.4 Å². The Labute approximate surface area is 820 Å². The van der Waals surface area contributed by atoms with Gasteiger partial charge in [-0.05, 0) is 231 Å². The van der Waals surface area contributed by atoms with E-state index < -0.39 is 83.6 Å². The molecule has 9 nitrogen and oxygen atoms in total. The molecule has 0 aliphatic rings. The predicted molar refractivity (Wildman–Crippen MR) is 573 cm³/mol. The summed E-state index contributed by atoms with van der Waals surface area (Å²) in [6.45, 7) is 0. The fourth-order valence-corrected chi connectivity index (χ4v) is 17.7. The minimum Gasteiger partial charge on any atom is -0.208 e. The van der Waals surface area contributed by atoms with Gasteiger partial charge in [-0.3, -0.25) is 0 Å². The molecular weight excluding hydrogens is 1680 g/mol. The third-order valence-corrected chi connectivity index (χ3v) is 24.8. The molecule has 0 saturated heterocycles. The first-order valence-corrected chi connectivity index (χ1v) is 45.2. The monoisotopic (exact) mass is 1770 g/mol. The van der Waals surface area contributed by atoms with Crippen LogP contribution in [0.4, 0.5) is 0 Å². The van der Waals surface area contributed by atoms with Crippen molar-refractivity contribution in [1.82, 2.24) is 44.9 Å². The summed E-state index contributed by atoms with van der Waals surface area (Å²) >= 11 is 0. The summed E-state index contributed by atoms with van der Waals surface area (Å²) in [5.74, 6) is 3.94. The molecule has 26 rings (SSSR count). The van der Waals surface area contributed by atoms with Gasteiger partial charge in [-0.15, -0.1) is 0 Å².